The number of carbonyl (C=O) groups is 1. The predicted molar refractivity (Wildman–Crippen MR) is 82.1 cm³/mol. The van der Waals surface area contributed by atoms with Crippen LogP contribution in [0.15, 0.2) is 22.9 Å². The highest BCUT2D eigenvalue weighted by atomic mass is 79.9. The average molecular weight is 381 g/mol. The minimum atomic E-state index is -1.05. The molecule has 3 heterocycles. The van der Waals surface area contributed by atoms with Crippen LogP contribution in [0, 0.1) is 0 Å². The van der Waals surface area contributed by atoms with E-state index in [0.29, 0.717) is 24.3 Å². The number of aromatic nitrogens is 6. The minimum absolute atomic E-state index is 0.00983. The van der Waals surface area contributed by atoms with Gasteiger partial charge in [0.2, 0.25) is 5.82 Å². The largest absolute Gasteiger partial charge is 0.476 e. The number of carboxylic acids is 1. The van der Waals surface area contributed by atoms with Crippen molar-refractivity contribution < 1.29 is 14.6 Å². The van der Waals surface area contributed by atoms with Crippen LogP contribution >= 0.6 is 15.9 Å². The van der Waals surface area contributed by atoms with Gasteiger partial charge in [0.15, 0.2) is 5.69 Å². The third kappa shape index (κ3) is 3.22. The van der Waals surface area contributed by atoms with E-state index in [0.717, 1.165) is 10.0 Å². The Morgan fingerprint density at radius 2 is 2.35 bits per heavy atom. The van der Waals surface area contributed by atoms with Crippen LogP contribution in [-0.4, -0.2) is 48.2 Å². The fourth-order valence-electron chi connectivity index (χ4n) is 2.29. The number of aromatic amines is 1. The van der Waals surface area contributed by atoms with Gasteiger partial charge in [-0.15, -0.1) is 10.2 Å². The zero-order chi connectivity index (χ0) is 16.4. The Bertz CT molecular complexity index is 832. The van der Waals surface area contributed by atoms with Gasteiger partial charge in [0.25, 0.3) is 0 Å². The minimum Gasteiger partial charge on any atom is -0.476 e. The van der Waals surface area contributed by atoms with Gasteiger partial charge in [0.05, 0.1) is 0 Å². The summed E-state index contributed by atoms with van der Waals surface area (Å²) in [5.41, 5.74) is 1.58. The van der Waals surface area contributed by atoms with E-state index in [9.17, 15) is 4.79 Å². The van der Waals surface area contributed by atoms with Crippen molar-refractivity contribution >= 4 is 27.5 Å². The molecule has 0 saturated heterocycles. The molecule has 10 heteroatoms. The fraction of sp³-hybridized carbons (Fsp3) is 0.308. The monoisotopic (exact) mass is 380 g/mol. The zero-order valence-corrected chi connectivity index (χ0v) is 13.7. The molecule has 0 spiro atoms. The van der Waals surface area contributed by atoms with Crippen LogP contribution in [0.4, 0.5) is 0 Å². The van der Waals surface area contributed by atoms with E-state index in [1.165, 1.54) is 6.20 Å². The van der Waals surface area contributed by atoms with Gasteiger partial charge in [-0.05, 0) is 24.5 Å². The van der Waals surface area contributed by atoms with Gasteiger partial charge in [0, 0.05) is 24.0 Å². The molecule has 0 amide bonds. The zero-order valence-electron chi connectivity index (χ0n) is 12.1. The summed E-state index contributed by atoms with van der Waals surface area (Å²) in [4.78, 5) is 15.0. The van der Waals surface area contributed by atoms with E-state index < -0.39 is 5.97 Å². The second-order valence-corrected chi connectivity index (χ2v) is 5.73. The Labute approximate surface area is 138 Å². The van der Waals surface area contributed by atoms with E-state index in [1.807, 2.05) is 6.20 Å². The van der Waals surface area contributed by atoms with Crippen molar-refractivity contribution in [2.24, 2.45) is 0 Å². The van der Waals surface area contributed by atoms with Gasteiger partial charge in [-0.3, -0.25) is 0 Å². The van der Waals surface area contributed by atoms with Crippen molar-refractivity contribution in [2.75, 3.05) is 7.11 Å². The van der Waals surface area contributed by atoms with Gasteiger partial charge >= 0.3 is 5.97 Å². The lowest BCUT2D eigenvalue weighted by molar-refractivity contribution is 0.0691. The van der Waals surface area contributed by atoms with Gasteiger partial charge in [-0.25, -0.2) is 9.78 Å². The molecule has 0 bridgehead atoms. The number of methoxy groups -OCH3 is 1. The molecule has 2 N–H and O–H groups in total. The van der Waals surface area contributed by atoms with E-state index >= 15 is 0 Å². The number of rotatable bonds is 6. The fourth-order valence-corrected chi connectivity index (χ4v) is 2.79. The smallest absolute Gasteiger partial charge is 0.356 e. The molecule has 0 aliphatic rings. The van der Waals surface area contributed by atoms with Gasteiger partial charge in [-0.2, -0.15) is 5.21 Å². The first-order valence-electron chi connectivity index (χ1n) is 6.75. The van der Waals surface area contributed by atoms with Crippen LogP contribution in [0.2, 0.25) is 0 Å². The highest BCUT2D eigenvalue weighted by Crippen LogP contribution is 2.24. The number of hydrogen-bond donors (Lipinski definition) is 2. The van der Waals surface area contributed by atoms with Gasteiger partial charge in [-0.1, -0.05) is 21.1 Å². The highest BCUT2D eigenvalue weighted by Gasteiger charge is 2.17. The molecule has 1 atom stereocenters. The number of hydrogen-bond acceptors (Lipinski definition) is 6. The Balaban J connectivity index is 1.82. The molecule has 0 fully saturated rings. The number of imidazole rings is 1. The van der Waals surface area contributed by atoms with Crippen LogP contribution in [0.25, 0.3) is 5.65 Å². The molecular formula is C13H13BrN6O3. The molecule has 0 aliphatic heterocycles. The molecular weight excluding hydrogens is 368 g/mol. The average Bonchev–Trinajstić information content (AvgIpc) is 3.17. The maximum absolute atomic E-state index is 11.0. The van der Waals surface area contributed by atoms with Crippen LogP contribution in [0.3, 0.4) is 0 Å². The second kappa shape index (κ2) is 6.42. The third-order valence-electron chi connectivity index (χ3n) is 3.45. The normalized spacial score (nSPS) is 12.6. The standard InChI is InChI=1S/C13H13BrN6O3/c1-23-10(12-16-18-19-17-12)3-2-7-5-20-6-9(13(21)22)15-11(20)4-8(7)14/h4-6,10H,2-3H2,1H3,(H,21,22)(H,16,17,18,19). The Morgan fingerprint density at radius 3 is 3.00 bits per heavy atom. The molecule has 3 rings (SSSR count). The molecule has 23 heavy (non-hydrogen) atoms. The summed E-state index contributed by atoms with van der Waals surface area (Å²) < 4.78 is 7.93. The van der Waals surface area contributed by atoms with Crippen molar-refractivity contribution in [3.05, 3.63) is 40.0 Å². The van der Waals surface area contributed by atoms with Crippen LogP contribution in [0.5, 0.6) is 0 Å². The molecule has 9 nitrogen and oxygen atoms in total. The SMILES string of the molecule is COC(CCc1cn2cc(C(=O)O)nc2cc1Br)c1nn[nH]n1. The molecule has 3 aromatic rings. The summed E-state index contributed by atoms with van der Waals surface area (Å²) in [6, 6.07) is 1.79. The van der Waals surface area contributed by atoms with Gasteiger partial charge in [0.1, 0.15) is 11.8 Å². The Hall–Kier alpha value is -2.33. The molecule has 3 aromatic heterocycles. The lowest BCUT2D eigenvalue weighted by Crippen LogP contribution is -2.06. The lowest BCUT2D eigenvalue weighted by atomic mass is 10.1. The van der Waals surface area contributed by atoms with Crippen molar-refractivity contribution in [3.63, 3.8) is 0 Å². The van der Waals surface area contributed by atoms with E-state index in [4.69, 9.17) is 9.84 Å². The number of H-pyrrole nitrogens is 1. The molecule has 0 aromatic carbocycles. The number of ether oxygens (including phenoxy) is 1. The third-order valence-corrected chi connectivity index (χ3v) is 4.19. The summed E-state index contributed by atoms with van der Waals surface area (Å²) in [7, 11) is 1.59. The van der Waals surface area contributed by atoms with E-state index in [1.54, 1.807) is 17.6 Å². The maximum atomic E-state index is 11.0. The highest BCUT2D eigenvalue weighted by molar-refractivity contribution is 9.10. The predicted octanol–water partition coefficient (Wildman–Crippen LogP) is 1.63. The maximum Gasteiger partial charge on any atom is 0.356 e. The van der Waals surface area contributed by atoms with E-state index in [2.05, 4.69) is 41.5 Å². The molecule has 0 aliphatic carbocycles. The number of tetrazole rings is 1. The second-order valence-electron chi connectivity index (χ2n) is 4.88. The van der Waals surface area contributed by atoms with Crippen molar-refractivity contribution in [1.29, 1.82) is 0 Å². The first-order valence-corrected chi connectivity index (χ1v) is 7.54. The summed E-state index contributed by atoms with van der Waals surface area (Å²) in [5.74, 6) is -0.552. The van der Waals surface area contributed by atoms with Crippen LogP contribution in [-0.2, 0) is 11.2 Å². The number of nitrogens with one attached hydrogen (secondary N) is 1. The number of aromatic carboxylic acids is 1. The first-order chi connectivity index (χ1) is 11.1. The number of carboxylic acid groups (broad SMARTS) is 1. The van der Waals surface area contributed by atoms with Crippen molar-refractivity contribution in [3.8, 4) is 0 Å². The van der Waals surface area contributed by atoms with Gasteiger partial charge < -0.3 is 14.2 Å². The Morgan fingerprint density at radius 1 is 1.52 bits per heavy atom. The molecule has 0 radical (unpaired) electrons. The number of aryl methyl sites for hydroxylation is 1. The summed E-state index contributed by atoms with van der Waals surface area (Å²) >= 11 is 3.49. The number of fused-ring (bicyclic) bond motifs is 1. The summed E-state index contributed by atoms with van der Waals surface area (Å²) in [6.07, 6.45) is 4.40. The van der Waals surface area contributed by atoms with Crippen LogP contribution in [0.1, 0.15) is 34.4 Å². The summed E-state index contributed by atoms with van der Waals surface area (Å²) in [6.45, 7) is 0. The van der Waals surface area contributed by atoms with Crippen LogP contribution < -0.4 is 0 Å². The molecule has 1 unspecified atom stereocenters. The Kier molecular flexibility index (Phi) is 4.35. The summed E-state index contributed by atoms with van der Waals surface area (Å²) in [5, 5.41) is 22.8. The first kappa shape index (κ1) is 15.6. The molecule has 0 saturated carbocycles. The van der Waals surface area contributed by atoms with E-state index in [-0.39, 0.29) is 11.8 Å². The van der Waals surface area contributed by atoms with Crippen molar-refractivity contribution in [1.82, 2.24) is 30.0 Å². The quantitative estimate of drug-likeness (QED) is 0.666. The topological polar surface area (TPSA) is 118 Å². The lowest BCUT2D eigenvalue weighted by Gasteiger charge is -2.12. The number of pyridine rings is 1. The number of nitrogens with zero attached hydrogens (tertiary/aromatic N) is 5. The molecule has 120 valence electrons. The number of halogens is 1. The van der Waals surface area contributed by atoms with Crippen molar-refractivity contribution in [2.45, 2.75) is 18.9 Å².